The molecule has 0 radical (unpaired) electrons. The molecule has 1 aliphatic rings. The van der Waals surface area contributed by atoms with Gasteiger partial charge in [-0.1, -0.05) is 0 Å². The average Bonchev–Trinajstić information content (AvgIpc) is 1.86. The molecule has 1 heterocycles. The van der Waals surface area contributed by atoms with Crippen LogP contribution in [-0.4, -0.2) is 17.9 Å². The molecule has 0 aromatic carbocycles. The zero-order valence-corrected chi connectivity index (χ0v) is 2.96. The van der Waals surface area contributed by atoms with Crippen LogP contribution in [0.4, 0.5) is 0 Å². The van der Waals surface area contributed by atoms with Crippen molar-refractivity contribution in [3.63, 3.8) is 0 Å². The molecule has 4 heteroatoms. The van der Waals surface area contributed by atoms with E-state index in [2.05, 4.69) is 15.3 Å². The van der Waals surface area contributed by atoms with Crippen molar-refractivity contribution in [2.75, 3.05) is 0 Å². The van der Waals surface area contributed by atoms with Crippen LogP contribution in [0.2, 0.25) is 0 Å². The van der Waals surface area contributed by atoms with Gasteiger partial charge in [0, 0.05) is 0 Å². The van der Waals surface area contributed by atoms with Gasteiger partial charge in [0.25, 0.3) is 6.41 Å². The van der Waals surface area contributed by atoms with E-state index in [4.69, 9.17) is 5.11 Å². The standard InChI is InChI=1S/C2H4N2O2/c5-2-4-3-1-6-2/h1-2,4-5H. The Kier molecular flexibility index (Phi) is 0.648. The van der Waals surface area contributed by atoms with E-state index in [0.717, 1.165) is 6.40 Å². The highest BCUT2D eigenvalue weighted by Gasteiger charge is 2.01. The summed E-state index contributed by atoms with van der Waals surface area (Å²) in [5, 5.41) is 11.6. The van der Waals surface area contributed by atoms with E-state index in [1.807, 2.05) is 0 Å². The topological polar surface area (TPSA) is 53.8 Å². The number of aliphatic hydroxyl groups is 1. The van der Waals surface area contributed by atoms with Gasteiger partial charge >= 0.3 is 0 Å². The van der Waals surface area contributed by atoms with Gasteiger partial charge in [-0.25, -0.2) is 5.43 Å². The number of rotatable bonds is 0. The van der Waals surface area contributed by atoms with Crippen molar-refractivity contribution < 1.29 is 9.84 Å². The summed E-state index contributed by atoms with van der Waals surface area (Å²) in [5.41, 5.74) is 2.22. The van der Waals surface area contributed by atoms with Crippen LogP contribution in [0.3, 0.4) is 0 Å². The maximum Gasteiger partial charge on any atom is 0.295 e. The zero-order valence-electron chi connectivity index (χ0n) is 2.96. The van der Waals surface area contributed by atoms with Gasteiger partial charge in [-0.3, -0.25) is 0 Å². The minimum atomic E-state index is -0.926. The molecule has 1 atom stereocenters. The Labute approximate surface area is 34.4 Å². The lowest BCUT2D eigenvalue weighted by molar-refractivity contribution is -0.0298. The number of ether oxygens (including phenoxy) is 1. The molecule has 1 unspecified atom stereocenters. The summed E-state index contributed by atoms with van der Waals surface area (Å²) in [6.45, 7) is 0. The molecule has 0 spiro atoms. The first-order valence-corrected chi connectivity index (χ1v) is 1.50. The minimum absolute atomic E-state index is 0.926. The van der Waals surface area contributed by atoms with Gasteiger partial charge in [0.15, 0.2) is 6.40 Å². The maximum atomic E-state index is 8.27. The zero-order chi connectivity index (χ0) is 4.41. The van der Waals surface area contributed by atoms with Crippen molar-refractivity contribution in [3.05, 3.63) is 0 Å². The van der Waals surface area contributed by atoms with Crippen LogP contribution in [0.5, 0.6) is 0 Å². The fraction of sp³-hybridized carbons (Fsp3) is 0.500. The van der Waals surface area contributed by atoms with Crippen LogP contribution in [-0.2, 0) is 4.74 Å². The molecule has 1 rings (SSSR count). The monoisotopic (exact) mass is 88.0 g/mol. The van der Waals surface area contributed by atoms with Gasteiger partial charge in [-0.05, 0) is 0 Å². The normalized spacial score (nSPS) is 29.2. The van der Waals surface area contributed by atoms with Crippen molar-refractivity contribution in [2.24, 2.45) is 5.10 Å². The first kappa shape index (κ1) is 3.42. The molecule has 0 aliphatic carbocycles. The molecule has 0 saturated carbocycles. The number of aliphatic hydroxyl groups excluding tert-OH is 1. The second kappa shape index (κ2) is 1.14. The predicted molar refractivity (Wildman–Crippen MR) is 18.7 cm³/mol. The summed E-state index contributed by atoms with van der Waals surface area (Å²) < 4.78 is 4.31. The summed E-state index contributed by atoms with van der Waals surface area (Å²) in [7, 11) is 0. The van der Waals surface area contributed by atoms with Crippen LogP contribution in [0, 0.1) is 0 Å². The molecule has 0 aromatic heterocycles. The van der Waals surface area contributed by atoms with Crippen molar-refractivity contribution in [2.45, 2.75) is 6.41 Å². The third kappa shape index (κ3) is 0.414. The van der Waals surface area contributed by atoms with E-state index in [-0.39, 0.29) is 0 Å². The maximum absolute atomic E-state index is 8.27. The molecule has 4 nitrogen and oxygen atoms in total. The Morgan fingerprint density at radius 1 is 2.00 bits per heavy atom. The molecule has 2 N–H and O–H groups in total. The second-order valence-electron chi connectivity index (χ2n) is 0.852. The van der Waals surface area contributed by atoms with Crippen LogP contribution >= 0.6 is 0 Å². The van der Waals surface area contributed by atoms with Gasteiger partial charge in [-0.2, -0.15) is 0 Å². The third-order valence-electron chi connectivity index (χ3n) is 0.427. The summed E-state index contributed by atoms with van der Waals surface area (Å²) in [4.78, 5) is 0. The molecule has 0 aromatic rings. The average molecular weight is 88.1 g/mol. The van der Waals surface area contributed by atoms with E-state index in [9.17, 15) is 0 Å². The second-order valence-corrected chi connectivity index (χ2v) is 0.852. The molecule has 0 saturated heterocycles. The quantitative estimate of drug-likeness (QED) is 0.392. The summed E-state index contributed by atoms with van der Waals surface area (Å²) in [6.07, 6.45) is 0.218. The summed E-state index contributed by atoms with van der Waals surface area (Å²) in [5.74, 6) is 0. The van der Waals surface area contributed by atoms with Crippen LogP contribution in [0.15, 0.2) is 5.10 Å². The highest BCUT2D eigenvalue weighted by molar-refractivity contribution is 5.47. The number of hydrogen-bond acceptors (Lipinski definition) is 4. The molecular weight excluding hydrogens is 84.0 g/mol. The van der Waals surface area contributed by atoms with Crippen LogP contribution in [0.25, 0.3) is 0 Å². The van der Waals surface area contributed by atoms with Gasteiger partial charge in [0.2, 0.25) is 0 Å². The lowest BCUT2D eigenvalue weighted by atomic mass is 11.2. The highest BCUT2D eigenvalue weighted by atomic mass is 16.6. The lowest BCUT2D eigenvalue weighted by Crippen LogP contribution is -2.18. The Morgan fingerprint density at radius 2 is 2.83 bits per heavy atom. The molecule has 0 amide bonds. The van der Waals surface area contributed by atoms with Gasteiger partial charge in [-0.15, -0.1) is 5.10 Å². The number of nitrogens with one attached hydrogen (secondary N) is 1. The largest absolute Gasteiger partial charge is 0.433 e. The van der Waals surface area contributed by atoms with Crippen LogP contribution in [0.1, 0.15) is 0 Å². The van der Waals surface area contributed by atoms with Gasteiger partial charge in [0.1, 0.15) is 0 Å². The Hall–Kier alpha value is -0.770. The molecular formula is C2H4N2O2. The van der Waals surface area contributed by atoms with Crippen LogP contribution < -0.4 is 5.43 Å². The highest BCUT2D eigenvalue weighted by Crippen LogP contribution is 1.82. The van der Waals surface area contributed by atoms with E-state index >= 15 is 0 Å². The SMILES string of the molecule is OC1NN=CO1. The number of hydrazone groups is 1. The van der Waals surface area contributed by atoms with E-state index in [1.165, 1.54) is 0 Å². The summed E-state index contributed by atoms with van der Waals surface area (Å²) in [6, 6.07) is 0. The van der Waals surface area contributed by atoms with E-state index in [0.29, 0.717) is 0 Å². The predicted octanol–water partition coefficient (Wildman–Crippen LogP) is -1.17. The van der Waals surface area contributed by atoms with Crippen molar-refractivity contribution in [3.8, 4) is 0 Å². The lowest BCUT2D eigenvalue weighted by Gasteiger charge is -1.95. The van der Waals surface area contributed by atoms with Crippen molar-refractivity contribution in [1.82, 2.24) is 5.43 Å². The molecule has 0 bridgehead atoms. The minimum Gasteiger partial charge on any atom is -0.433 e. The number of hydrogen-bond donors (Lipinski definition) is 2. The van der Waals surface area contributed by atoms with Crippen molar-refractivity contribution in [1.29, 1.82) is 0 Å². The Bertz CT molecular complexity index is 63.9. The molecule has 6 heavy (non-hydrogen) atoms. The third-order valence-corrected chi connectivity index (χ3v) is 0.427. The molecule has 1 aliphatic heterocycles. The molecule has 34 valence electrons. The first-order chi connectivity index (χ1) is 2.89. The fourth-order valence-corrected chi connectivity index (χ4v) is 0.213. The first-order valence-electron chi connectivity index (χ1n) is 1.50. The van der Waals surface area contributed by atoms with Gasteiger partial charge in [0.05, 0.1) is 0 Å². The Balaban J connectivity index is 2.32. The van der Waals surface area contributed by atoms with E-state index < -0.39 is 6.41 Å². The summed E-state index contributed by atoms with van der Waals surface area (Å²) >= 11 is 0. The van der Waals surface area contributed by atoms with Gasteiger partial charge < -0.3 is 9.84 Å². The Morgan fingerprint density at radius 3 is 3.00 bits per heavy atom. The molecule has 0 fully saturated rings. The van der Waals surface area contributed by atoms with E-state index in [1.54, 1.807) is 0 Å². The number of nitrogens with zero attached hydrogens (tertiary/aromatic N) is 1. The van der Waals surface area contributed by atoms with Crippen molar-refractivity contribution >= 4 is 6.40 Å². The fourth-order valence-electron chi connectivity index (χ4n) is 0.213. The smallest absolute Gasteiger partial charge is 0.295 e.